The van der Waals surface area contributed by atoms with Gasteiger partial charge < -0.3 is 32.5 Å². The summed E-state index contributed by atoms with van der Waals surface area (Å²) in [6.45, 7) is 3.43. The van der Waals surface area contributed by atoms with E-state index in [0.29, 0.717) is 5.56 Å². The molecule has 0 aliphatic carbocycles. The number of carboxylic acid groups (broad SMARTS) is 1. The van der Waals surface area contributed by atoms with Crippen molar-refractivity contribution in [3.63, 3.8) is 0 Å². The van der Waals surface area contributed by atoms with Gasteiger partial charge in [0.05, 0.1) is 6.04 Å². The molecule has 4 amide bonds. The average Bonchev–Trinajstić information content (AvgIpc) is 2.78. The highest BCUT2D eigenvalue weighted by Gasteiger charge is 2.31. The molecule has 188 valence electrons. The molecule has 0 saturated heterocycles. The monoisotopic (exact) mass is 495 g/mol. The normalized spacial score (nSPS) is 14.4. The number of benzene rings is 1. The fourth-order valence-corrected chi connectivity index (χ4v) is 3.18. The standard InChI is InChI=1S/C22H33N5O6S/c1-12(2)18(27-19(29)14(23)11-34)21(31)26-16(10-13-6-4-3-5-7-13)20(30)25-15(22(32)33)8-9-17(24)28/h3-7,12,14-16,18,34H,8-11,23H2,1-2H3,(H2,24,28)(H,25,30)(H,26,31)(H,27,29)(H,32,33). The Balaban J connectivity index is 3.08. The second-order valence-electron chi connectivity index (χ2n) is 8.17. The molecule has 1 aromatic carbocycles. The van der Waals surface area contributed by atoms with Gasteiger partial charge in [0.2, 0.25) is 23.6 Å². The topological polar surface area (TPSA) is 194 Å². The Morgan fingerprint density at radius 3 is 2.03 bits per heavy atom. The molecule has 4 atom stereocenters. The summed E-state index contributed by atoms with van der Waals surface area (Å²) in [5, 5.41) is 16.9. The summed E-state index contributed by atoms with van der Waals surface area (Å²) in [6, 6.07) is 4.38. The number of nitrogens with two attached hydrogens (primary N) is 2. The van der Waals surface area contributed by atoms with E-state index in [1.54, 1.807) is 44.2 Å². The summed E-state index contributed by atoms with van der Waals surface area (Å²) in [7, 11) is 0. The van der Waals surface area contributed by atoms with E-state index in [0.717, 1.165) is 0 Å². The van der Waals surface area contributed by atoms with E-state index in [9.17, 15) is 29.1 Å². The number of amides is 4. The molecule has 1 rings (SSSR count). The van der Waals surface area contributed by atoms with Crippen LogP contribution < -0.4 is 27.4 Å². The van der Waals surface area contributed by atoms with Gasteiger partial charge in [-0.15, -0.1) is 0 Å². The third kappa shape index (κ3) is 9.79. The molecule has 4 unspecified atom stereocenters. The molecule has 34 heavy (non-hydrogen) atoms. The van der Waals surface area contributed by atoms with E-state index in [1.807, 2.05) is 0 Å². The van der Waals surface area contributed by atoms with Crippen molar-refractivity contribution in [1.29, 1.82) is 0 Å². The summed E-state index contributed by atoms with van der Waals surface area (Å²) < 4.78 is 0. The summed E-state index contributed by atoms with van der Waals surface area (Å²) in [5.74, 6) is -4.25. The zero-order valence-electron chi connectivity index (χ0n) is 19.2. The molecule has 0 bridgehead atoms. The minimum Gasteiger partial charge on any atom is -0.480 e. The van der Waals surface area contributed by atoms with E-state index in [4.69, 9.17) is 11.5 Å². The van der Waals surface area contributed by atoms with Crippen LogP contribution in [0.25, 0.3) is 0 Å². The van der Waals surface area contributed by atoms with Crippen LogP contribution in [0.2, 0.25) is 0 Å². The van der Waals surface area contributed by atoms with Gasteiger partial charge in [0.15, 0.2) is 0 Å². The Labute approximate surface area is 203 Å². The van der Waals surface area contributed by atoms with Crippen LogP contribution in [0.1, 0.15) is 32.3 Å². The zero-order chi connectivity index (χ0) is 25.8. The van der Waals surface area contributed by atoms with Gasteiger partial charge in [-0.1, -0.05) is 44.2 Å². The van der Waals surface area contributed by atoms with E-state index < -0.39 is 53.8 Å². The fraction of sp³-hybridized carbons (Fsp3) is 0.500. The largest absolute Gasteiger partial charge is 0.480 e. The van der Waals surface area contributed by atoms with Crippen LogP contribution in [0, 0.1) is 5.92 Å². The number of thiol groups is 1. The first-order valence-electron chi connectivity index (χ1n) is 10.8. The maximum absolute atomic E-state index is 13.0. The lowest BCUT2D eigenvalue weighted by molar-refractivity contribution is -0.142. The summed E-state index contributed by atoms with van der Waals surface area (Å²) in [6.07, 6.45) is -0.371. The van der Waals surface area contributed by atoms with Crippen molar-refractivity contribution in [2.45, 2.75) is 57.3 Å². The molecule has 0 aliphatic heterocycles. The van der Waals surface area contributed by atoms with E-state index in [2.05, 4.69) is 28.6 Å². The van der Waals surface area contributed by atoms with Crippen LogP contribution in [-0.2, 0) is 30.4 Å². The minimum absolute atomic E-state index is 0.0650. The predicted octanol–water partition coefficient (Wildman–Crippen LogP) is -1.05. The first-order valence-corrected chi connectivity index (χ1v) is 11.4. The number of carbonyl (C=O) groups excluding carboxylic acids is 4. The predicted molar refractivity (Wildman–Crippen MR) is 129 cm³/mol. The second kappa shape index (κ2) is 14.2. The van der Waals surface area contributed by atoms with Crippen LogP contribution in [0.3, 0.4) is 0 Å². The van der Waals surface area contributed by atoms with Crippen molar-refractivity contribution in [2.24, 2.45) is 17.4 Å². The van der Waals surface area contributed by atoms with Gasteiger partial charge in [-0.25, -0.2) is 4.79 Å². The lowest BCUT2D eigenvalue weighted by atomic mass is 10.00. The van der Waals surface area contributed by atoms with E-state index in [1.165, 1.54) is 0 Å². The smallest absolute Gasteiger partial charge is 0.326 e. The lowest BCUT2D eigenvalue weighted by Gasteiger charge is -2.27. The van der Waals surface area contributed by atoms with Crippen LogP contribution in [0.4, 0.5) is 0 Å². The number of carbonyl (C=O) groups is 5. The van der Waals surface area contributed by atoms with Crippen LogP contribution >= 0.6 is 12.6 Å². The van der Waals surface area contributed by atoms with Gasteiger partial charge >= 0.3 is 5.97 Å². The van der Waals surface area contributed by atoms with Crippen LogP contribution in [-0.4, -0.2) is 64.6 Å². The van der Waals surface area contributed by atoms with E-state index in [-0.39, 0.29) is 30.9 Å². The van der Waals surface area contributed by atoms with Crippen LogP contribution in [0.5, 0.6) is 0 Å². The van der Waals surface area contributed by atoms with Crippen LogP contribution in [0.15, 0.2) is 30.3 Å². The van der Waals surface area contributed by atoms with Crippen molar-refractivity contribution < 1.29 is 29.1 Å². The first-order chi connectivity index (χ1) is 16.0. The Bertz CT molecular complexity index is 867. The number of hydrogen-bond donors (Lipinski definition) is 7. The molecule has 8 N–H and O–H groups in total. The molecule has 0 aromatic heterocycles. The van der Waals surface area contributed by atoms with Crippen molar-refractivity contribution in [3.8, 4) is 0 Å². The fourth-order valence-electron chi connectivity index (χ4n) is 3.02. The molecular weight excluding hydrogens is 462 g/mol. The Kier molecular flexibility index (Phi) is 12.1. The summed E-state index contributed by atoms with van der Waals surface area (Å²) in [5.41, 5.74) is 11.5. The van der Waals surface area contributed by atoms with Gasteiger partial charge in [-0.05, 0) is 17.9 Å². The number of hydrogen-bond acceptors (Lipinski definition) is 7. The number of nitrogens with one attached hydrogen (secondary N) is 3. The highest BCUT2D eigenvalue weighted by molar-refractivity contribution is 7.80. The highest BCUT2D eigenvalue weighted by Crippen LogP contribution is 2.08. The SMILES string of the molecule is CC(C)C(NC(=O)C(N)CS)C(=O)NC(Cc1ccccc1)C(=O)NC(CCC(N)=O)C(=O)O. The van der Waals surface area contributed by atoms with Gasteiger partial charge in [0.25, 0.3) is 0 Å². The molecule has 11 nitrogen and oxygen atoms in total. The lowest BCUT2D eigenvalue weighted by Crippen LogP contribution is -2.59. The molecule has 12 heteroatoms. The van der Waals surface area contributed by atoms with Crippen molar-refractivity contribution in [3.05, 3.63) is 35.9 Å². The van der Waals surface area contributed by atoms with Crippen molar-refractivity contribution in [2.75, 3.05) is 5.75 Å². The molecule has 0 spiro atoms. The third-order valence-corrected chi connectivity index (χ3v) is 5.38. The average molecular weight is 496 g/mol. The first kappa shape index (κ1) is 28.9. The maximum Gasteiger partial charge on any atom is 0.326 e. The minimum atomic E-state index is -1.37. The van der Waals surface area contributed by atoms with Gasteiger partial charge in [0, 0.05) is 18.6 Å². The zero-order valence-corrected chi connectivity index (χ0v) is 20.1. The Morgan fingerprint density at radius 1 is 0.941 bits per heavy atom. The van der Waals surface area contributed by atoms with Crippen molar-refractivity contribution >= 4 is 42.2 Å². The maximum atomic E-state index is 13.0. The number of primary amides is 1. The van der Waals surface area contributed by atoms with E-state index >= 15 is 0 Å². The number of rotatable bonds is 14. The molecule has 0 saturated carbocycles. The van der Waals surface area contributed by atoms with Gasteiger partial charge in [0.1, 0.15) is 18.1 Å². The molecule has 0 heterocycles. The molecule has 0 aliphatic rings. The molecule has 0 radical (unpaired) electrons. The number of carboxylic acids is 1. The van der Waals surface area contributed by atoms with Gasteiger partial charge in [-0.3, -0.25) is 19.2 Å². The second-order valence-corrected chi connectivity index (χ2v) is 8.54. The highest BCUT2D eigenvalue weighted by atomic mass is 32.1. The number of aliphatic carboxylic acids is 1. The van der Waals surface area contributed by atoms with Crippen molar-refractivity contribution in [1.82, 2.24) is 16.0 Å². The molecule has 0 fully saturated rings. The molecule has 1 aromatic rings. The summed E-state index contributed by atoms with van der Waals surface area (Å²) >= 11 is 3.98. The quantitative estimate of drug-likeness (QED) is 0.160. The Morgan fingerprint density at radius 2 is 1.53 bits per heavy atom. The third-order valence-electron chi connectivity index (χ3n) is 4.99. The molecular formula is C22H33N5O6S. The summed E-state index contributed by atoms with van der Waals surface area (Å²) in [4.78, 5) is 60.8. The Hall–Kier alpha value is -3.12. The van der Waals surface area contributed by atoms with Gasteiger partial charge in [-0.2, -0.15) is 12.6 Å².